The van der Waals surface area contributed by atoms with Crippen molar-refractivity contribution in [1.82, 2.24) is 10.3 Å². The molecule has 0 bridgehead atoms. The quantitative estimate of drug-likeness (QED) is 0.780. The normalized spacial score (nSPS) is 12.3. The molecule has 20 heavy (non-hydrogen) atoms. The van der Waals surface area contributed by atoms with Crippen LogP contribution in [0.15, 0.2) is 24.4 Å². The van der Waals surface area contributed by atoms with Crippen molar-refractivity contribution in [2.45, 2.75) is 25.8 Å². The lowest BCUT2D eigenvalue weighted by Gasteiger charge is -2.11. The molecule has 2 rings (SSSR count). The van der Waals surface area contributed by atoms with Gasteiger partial charge in [-0.3, -0.25) is 4.79 Å². The Labute approximate surface area is 114 Å². The van der Waals surface area contributed by atoms with Crippen LogP contribution in [0, 0.1) is 5.82 Å². The van der Waals surface area contributed by atoms with Gasteiger partial charge in [0, 0.05) is 17.1 Å². The number of hydrogen-bond donors (Lipinski definition) is 3. The maximum absolute atomic E-state index is 13.1. The Kier molecular flexibility index (Phi) is 4.02. The number of nitrogens with one attached hydrogen (secondary N) is 2. The monoisotopic (exact) mass is 278 g/mol. The molecule has 1 amide bonds. The van der Waals surface area contributed by atoms with E-state index in [1.807, 2.05) is 0 Å². The number of rotatable bonds is 5. The molecule has 106 valence electrons. The Bertz CT molecular complexity index is 651. The SMILES string of the molecule is CCC(NC(=O)Cc1c[nH]c2cc(F)ccc12)C(=O)O. The van der Waals surface area contributed by atoms with E-state index < -0.39 is 12.0 Å². The summed E-state index contributed by atoms with van der Waals surface area (Å²) in [5.74, 6) is -1.78. The molecule has 2 aromatic rings. The predicted octanol–water partition coefficient (Wildman–Crippen LogP) is 1.83. The first-order valence-electron chi connectivity index (χ1n) is 6.29. The Hall–Kier alpha value is -2.37. The van der Waals surface area contributed by atoms with Crippen molar-refractivity contribution in [3.05, 3.63) is 35.8 Å². The zero-order valence-electron chi connectivity index (χ0n) is 10.9. The molecule has 1 atom stereocenters. The van der Waals surface area contributed by atoms with Gasteiger partial charge in [0.2, 0.25) is 5.91 Å². The molecule has 1 unspecified atom stereocenters. The number of carbonyl (C=O) groups excluding carboxylic acids is 1. The first kappa shape index (κ1) is 14.0. The average Bonchev–Trinajstić information content (AvgIpc) is 2.77. The highest BCUT2D eigenvalue weighted by Gasteiger charge is 2.18. The summed E-state index contributed by atoms with van der Waals surface area (Å²) in [5, 5.41) is 12.1. The molecule has 1 heterocycles. The van der Waals surface area contributed by atoms with Gasteiger partial charge in [0.15, 0.2) is 0 Å². The van der Waals surface area contributed by atoms with Crippen LogP contribution in [0.1, 0.15) is 18.9 Å². The summed E-state index contributed by atoms with van der Waals surface area (Å²) in [5.41, 5.74) is 1.32. The summed E-state index contributed by atoms with van der Waals surface area (Å²) in [6.07, 6.45) is 2.00. The highest BCUT2D eigenvalue weighted by atomic mass is 19.1. The largest absolute Gasteiger partial charge is 0.480 e. The Morgan fingerprint density at radius 1 is 1.45 bits per heavy atom. The summed E-state index contributed by atoms with van der Waals surface area (Å²) in [7, 11) is 0. The number of carboxylic acids is 1. The molecule has 0 saturated carbocycles. The molecule has 0 fully saturated rings. The zero-order valence-corrected chi connectivity index (χ0v) is 10.9. The average molecular weight is 278 g/mol. The van der Waals surface area contributed by atoms with Crippen molar-refractivity contribution in [2.24, 2.45) is 0 Å². The second kappa shape index (κ2) is 5.73. The molecule has 1 aromatic carbocycles. The van der Waals surface area contributed by atoms with Crippen LogP contribution in [0.25, 0.3) is 10.9 Å². The van der Waals surface area contributed by atoms with Gasteiger partial charge < -0.3 is 15.4 Å². The van der Waals surface area contributed by atoms with Crippen molar-refractivity contribution in [3.8, 4) is 0 Å². The van der Waals surface area contributed by atoms with Crippen molar-refractivity contribution >= 4 is 22.8 Å². The van der Waals surface area contributed by atoms with Gasteiger partial charge >= 0.3 is 5.97 Å². The highest BCUT2D eigenvalue weighted by Crippen LogP contribution is 2.19. The van der Waals surface area contributed by atoms with Gasteiger partial charge in [-0.25, -0.2) is 9.18 Å². The third kappa shape index (κ3) is 2.96. The summed E-state index contributed by atoms with van der Waals surface area (Å²) in [6.45, 7) is 1.69. The van der Waals surface area contributed by atoms with E-state index >= 15 is 0 Å². The fourth-order valence-electron chi connectivity index (χ4n) is 2.06. The molecule has 6 heteroatoms. The third-order valence-electron chi connectivity index (χ3n) is 3.12. The number of carboxylic acid groups (broad SMARTS) is 1. The first-order chi connectivity index (χ1) is 9.51. The number of hydrogen-bond acceptors (Lipinski definition) is 2. The molecule has 1 aromatic heterocycles. The van der Waals surface area contributed by atoms with Gasteiger partial charge in [0.1, 0.15) is 11.9 Å². The number of fused-ring (bicyclic) bond motifs is 1. The minimum Gasteiger partial charge on any atom is -0.480 e. The van der Waals surface area contributed by atoms with Crippen molar-refractivity contribution in [3.63, 3.8) is 0 Å². The molecular formula is C14H15FN2O3. The highest BCUT2D eigenvalue weighted by molar-refractivity contribution is 5.90. The van der Waals surface area contributed by atoms with Crippen LogP contribution in [0.3, 0.4) is 0 Å². The summed E-state index contributed by atoms with van der Waals surface area (Å²) in [4.78, 5) is 25.6. The topological polar surface area (TPSA) is 82.2 Å². The fraction of sp³-hybridized carbons (Fsp3) is 0.286. The van der Waals surface area contributed by atoms with E-state index in [4.69, 9.17) is 5.11 Å². The van der Waals surface area contributed by atoms with Crippen LogP contribution in [0.4, 0.5) is 4.39 Å². The number of H-pyrrole nitrogens is 1. The van der Waals surface area contributed by atoms with E-state index in [0.29, 0.717) is 17.5 Å². The van der Waals surface area contributed by atoms with Gasteiger partial charge in [0.05, 0.1) is 6.42 Å². The molecule has 5 nitrogen and oxygen atoms in total. The lowest BCUT2D eigenvalue weighted by molar-refractivity contribution is -0.141. The number of aliphatic carboxylic acids is 1. The lowest BCUT2D eigenvalue weighted by atomic mass is 10.1. The van der Waals surface area contributed by atoms with E-state index in [2.05, 4.69) is 10.3 Å². The molecule has 3 N–H and O–H groups in total. The number of amides is 1. The Balaban J connectivity index is 2.12. The van der Waals surface area contributed by atoms with E-state index in [-0.39, 0.29) is 18.1 Å². The number of aromatic nitrogens is 1. The molecule has 0 aliphatic rings. The molecule has 0 radical (unpaired) electrons. The molecule has 0 aliphatic carbocycles. The van der Waals surface area contributed by atoms with Crippen molar-refractivity contribution < 1.29 is 19.1 Å². The van der Waals surface area contributed by atoms with Crippen molar-refractivity contribution in [2.75, 3.05) is 0 Å². The van der Waals surface area contributed by atoms with Crippen LogP contribution in [-0.2, 0) is 16.0 Å². The minimum atomic E-state index is -1.05. The predicted molar refractivity (Wildman–Crippen MR) is 71.8 cm³/mol. The molecule has 0 spiro atoms. The summed E-state index contributed by atoms with van der Waals surface area (Å²) >= 11 is 0. The third-order valence-corrected chi connectivity index (χ3v) is 3.12. The van der Waals surface area contributed by atoms with Gasteiger partial charge in [0.25, 0.3) is 0 Å². The maximum atomic E-state index is 13.1. The van der Waals surface area contributed by atoms with Gasteiger partial charge in [-0.05, 0) is 30.2 Å². The first-order valence-corrected chi connectivity index (χ1v) is 6.29. The molecule has 0 aliphatic heterocycles. The van der Waals surface area contributed by atoms with Crippen molar-refractivity contribution in [1.29, 1.82) is 0 Å². The van der Waals surface area contributed by atoms with Gasteiger partial charge in [-0.2, -0.15) is 0 Å². The smallest absolute Gasteiger partial charge is 0.326 e. The van der Waals surface area contributed by atoms with Gasteiger partial charge in [-0.1, -0.05) is 6.92 Å². The van der Waals surface area contributed by atoms with E-state index in [9.17, 15) is 14.0 Å². The van der Waals surface area contributed by atoms with Crippen LogP contribution in [0.5, 0.6) is 0 Å². The van der Waals surface area contributed by atoms with E-state index in [0.717, 1.165) is 5.39 Å². The van der Waals surface area contributed by atoms with Crippen LogP contribution >= 0.6 is 0 Å². The lowest BCUT2D eigenvalue weighted by Crippen LogP contribution is -2.40. The molecule has 0 saturated heterocycles. The van der Waals surface area contributed by atoms with Crippen LogP contribution in [0.2, 0.25) is 0 Å². The maximum Gasteiger partial charge on any atom is 0.326 e. The number of carbonyl (C=O) groups is 2. The fourth-order valence-corrected chi connectivity index (χ4v) is 2.06. The Morgan fingerprint density at radius 2 is 2.20 bits per heavy atom. The number of halogens is 1. The molecular weight excluding hydrogens is 263 g/mol. The van der Waals surface area contributed by atoms with Gasteiger partial charge in [-0.15, -0.1) is 0 Å². The minimum absolute atomic E-state index is 0.0510. The second-order valence-corrected chi connectivity index (χ2v) is 4.55. The van der Waals surface area contributed by atoms with E-state index in [1.165, 1.54) is 12.1 Å². The second-order valence-electron chi connectivity index (χ2n) is 4.55. The number of benzene rings is 1. The Morgan fingerprint density at radius 3 is 2.85 bits per heavy atom. The summed E-state index contributed by atoms with van der Waals surface area (Å²) < 4.78 is 13.1. The van der Waals surface area contributed by atoms with E-state index in [1.54, 1.807) is 19.2 Å². The standard InChI is InChI=1S/C14H15FN2O3/c1-2-11(14(19)20)17-13(18)5-8-7-16-12-6-9(15)3-4-10(8)12/h3-4,6-7,11,16H,2,5H2,1H3,(H,17,18)(H,19,20). The van der Waals surface area contributed by atoms with Crippen LogP contribution < -0.4 is 5.32 Å². The summed E-state index contributed by atoms with van der Waals surface area (Å²) in [6, 6.07) is 3.38. The zero-order chi connectivity index (χ0) is 14.7. The van der Waals surface area contributed by atoms with Crippen LogP contribution in [-0.4, -0.2) is 28.0 Å². The number of aromatic amines is 1.